The molecule has 1 aliphatic rings. The van der Waals surface area contributed by atoms with E-state index in [0.717, 1.165) is 12.3 Å². The number of hydrogen-bond donors (Lipinski definition) is 1. The van der Waals surface area contributed by atoms with Crippen LogP contribution in [0.2, 0.25) is 0 Å². The van der Waals surface area contributed by atoms with E-state index < -0.39 is 0 Å². The smallest absolute Gasteiger partial charge is 0.0624 e. The first kappa shape index (κ1) is 13.4. The number of hydrogen-bond acceptors (Lipinski definition) is 2. The summed E-state index contributed by atoms with van der Waals surface area (Å²) in [6.45, 7) is 2.22. The van der Waals surface area contributed by atoms with Crippen LogP contribution in [0.5, 0.6) is 0 Å². The van der Waals surface area contributed by atoms with E-state index in [1.54, 1.807) is 0 Å². The molecule has 1 aliphatic carbocycles. The van der Waals surface area contributed by atoms with Gasteiger partial charge in [-0.25, -0.2) is 0 Å². The molecule has 0 bridgehead atoms. The van der Waals surface area contributed by atoms with Crippen molar-refractivity contribution in [1.82, 2.24) is 0 Å². The molecule has 2 nitrogen and oxygen atoms in total. The van der Waals surface area contributed by atoms with Gasteiger partial charge in [-0.1, -0.05) is 39.0 Å². The van der Waals surface area contributed by atoms with E-state index in [0.29, 0.717) is 5.92 Å². The lowest BCUT2D eigenvalue weighted by Crippen LogP contribution is -2.10. The second-order valence-electron chi connectivity index (χ2n) is 3.96. The zero-order valence-electron chi connectivity index (χ0n) is 9.63. The average molecular weight is 196 g/mol. The Morgan fingerprint density at radius 1 is 1.36 bits per heavy atom. The Morgan fingerprint density at radius 3 is 2.36 bits per heavy atom. The van der Waals surface area contributed by atoms with Crippen molar-refractivity contribution in [3.05, 3.63) is 0 Å². The number of rotatable bonds is 4. The van der Waals surface area contributed by atoms with Crippen molar-refractivity contribution in [2.24, 2.45) is 17.6 Å². The second-order valence-corrected chi connectivity index (χ2v) is 3.96. The van der Waals surface area contributed by atoms with E-state index in [4.69, 9.17) is 5.26 Å². The highest BCUT2D eigenvalue weighted by Gasteiger charge is 2.23. The van der Waals surface area contributed by atoms with Crippen LogP contribution in [0.4, 0.5) is 0 Å². The van der Waals surface area contributed by atoms with Crippen molar-refractivity contribution in [1.29, 1.82) is 5.26 Å². The zero-order valence-corrected chi connectivity index (χ0v) is 9.63. The SMILES string of the molecule is CCCC(CC#N)C1CCCC1.CN. The topological polar surface area (TPSA) is 49.8 Å². The molecule has 0 aromatic heterocycles. The Balaban J connectivity index is 0.000000791. The van der Waals surface area contributed by atoms with Gasteiger partial charge in [-0.2, -0.15) is 5.26 Å². The normalized spacial score (nSPS) is 18.1. The standard InChI is InChI=1S/C11H19N.CH5N/c1-2-5-10(8-9-12)11-6-3-4-7-11;1-2/h10-11H,2-8H2,1H3;2H2,1H3. The van der Waals surface area contributed by atoms with Crippen LogP contribution < -0.4 is 5.73 Å². The predicted octanol–water partition coefficient (Wildman–Crippen LogP) is 3.08. The van der Waals surface area contributed by atoms with Gasteiger partial charge in [-0.3, -0.25) is 0 Å². The van der Waals surface area contributed by atoms with E-state index in [1.807, 2.05) is 0 Å². The van der Waals surface area contributed by atoms with Gasteiger partial charge in [-0.05, 0) is 25.3 Å². The van der Waals surface area contributed by atoms with Crippen LogP contribution in [0.3, 0.4) is 0 Å². The van der Waals surface area contributed by atoms with Gasteiger partial charge >= 0.3 is 0 Å². The van der Waals surface area contributed by atoms with E-state index in [9.17, 15) is 0 Å². The molecule has 0 radical (unpaired) electrons. The summed E-state index contributed by atoms with van der Waals surface area (Å²) in [5.74, 6) is 1.59. The van der Waals surface area contributed by atoms with Crippen molar-refractivity contribution in [3.63, 3.8) is 0 Å². The van der Waals surface area contributed by atoms with Gasteiger partial charge in [0.1, 0.15) is 0 Å². The monoisotopic (exact) mass is 196 g/mol. The molecule has 14 heavy (non-hydrogen) atoms. The summed E-state index contributed by atoms with van der Waals surface area (Å²) >= 11 is 0. The molecular formula is C12H24N2. The van der Waals surface area contributed by atoms with E-state index in [1.165, 1.54) is 45.6 Å². The third-order valence-electron chi connectivity index (χ3n) is 3.08. The molecular weight excluding hydrogens is 172 g/mol. The first-order chi connectivity index (χ1) is 6.88. The summed E-state index contributed by atoms with van der Waals surface area (Å²) in [4.78, 5) is 0. The van der Waals surface area contributed by atoms with Crippen LogP contribution in [0, 0.1) is 23.2 Å². The van der Waals surface area contributed by atoms with Gasteiger partial charge in [0.05, 0.1) is 6.07 Å². The lowest BCUT2D eigenvalue weighted by Gasteiger charge is -2.19. The van der Waals surface area contributed by atoms with Crippen molar-refractivity contribution < 1.29 is 0 Å². The maximum Gasteiger partial charge on any atom is 0.0624 e. The average Bonchev–Trinajstić information content (AvgIpc) is 2.73. The van der Waals surface area contributed by atoms with Gasteiger partial charge in [0.2, 0.25) is 0 Å². The molecule has 0 aromatic rings. The van der Waals surface area contributed by atoms with Crippen molar-refractivity contribution in [3.8, 4) is 6.07 Å². The van der Waals surface area contributed by atoms with Crippen molar-refractivity contribution in [2.75, 3.05) is 7.05 Å². The van der Waals surface area contributed by atoms with Crippen LogP contribution in [0.1, 0.15) is 51.9 Å². The molecule has 0 saturated heterocycles. The van der Waals surface area contributed by atoms with Crippen LogP contribution in [0.15, 0.2) is 0 Å². The fourth-order valence-electron chi connectivity index (χ4n) is 2.42. The summed E-state index contributed by atoms with van der Waals surface area (Å²) in [7, 11) is 1.50. The highest BCUT2D eigenvalue weighted by Crippen LogP contribution is 2.35. The van der Waals surface area contributed by atoms with Gasteiger partial charge in [0.15, 0.2) is 0 Å². The maximum absolute atomic E-state index is 8.67. The van der Waals surface area contributed by atoms with E-state index >= 15 is 0 Å². The molecule has 1 rings (SSSR count). The molecule has 2 heteroatoms. The Morgan fingerprint density at radius 2 is 1.93 bits per heavy atom. The van der Waals surface area contributed by atoms with Crippen LogP contribution in [-0.4, -0.2) is 7.05 Å². The molecule has 1 fully saturated rings. The molecule has 0 spiro atoms. The zero-order chi connectivity index (χ0) is 10.8. The largest absolute Gasteiger partial charge is 0.333 e. The minimum Gasteiger partial charge on any atom is -0.333 e. The maximum atomic E-state index is 8.67. The number of nitrogens with two attached hydrogens (primary N) is 1. The lowest BCUT2D eigenvalue weighted by molar-refractivity contribution is 0.321. The van der Waals surface area contributed by atoms with Gasteiger partial charge < -0.3 is 5.73 Å². The van der Waals surface area contributed by atoms with Crippen molar-refractivity contribution in [2.45, 2.75) is 51.9 Å². The second kappa shape index (κ2) is 9.02. The van der Waals surface area contributed by atoms with Crippen LogP contribution in [-0.2, 0) is 0 Å². The van der Waals surface area contributed by atoms with E-state index in [-0.39, 0.29) is 0 Å². The number of nitrogens with zero attached hydrogens (tertiary/aromatic N) is 1. The fraction of sp³-hybridized carbons (Fsp3) is 0.917. The summed E-state index contributed by atoms with van der Waals surface area (Å²) < 4.78 is 0. The Hall–Kier alpha value is -0.550. The highest BCUT2D eigenvalue weighted by atomic mass is 14.4. The molecule has 82 valence electrons. The minimum atomic E-state index is 0.711. The quantitative estimate of drug-likeness (QED) is 0.751. The molecule has 1 unspecified atom stereocenters. The first-order valence-electron chi connectivity index (χ1n) is 5.83. The van der Waals surface area contributed by atoms with Gasteiger partial charge in [0, 0.05) is 6.42 Å². The highest BCUT2D eigenvalue weighted by molar-refractivity contribution is 4.82. The fourth-order valence-corrected chi connectivity index (χ4v) is 2.42. The summed E-state index contributed by atoms with van der Waals surface area (Å²) in [5.41, 5.74) is 4.50. The Bertz CT molecular complexity index is 154. The van der Waals surface area contributed by atoms with E-state index in [2.05, 4.69) is 18.7 Å². The van der Waals surface area contributed by atoms with Gasteiger partial charge in [-0.15, -0.1) is 0 Å². The summed E-state index contributed by atoms with van der Waals surface area (Å²) in [6, 6.07) is 2.33. The van der Waals surface area contributed by atoms with Gasteiger partial charge in [0.25, 0.3) is 0 Å². The molecule has 0 amide bonds. The first-order valence-corrected chi connectivity index (χ1v) is 5.83. The lowest BCUT2D eigenvalue weighted by atomic mass is 9.85. The molecule has 0 heterocycles. The summed E-state index contributed by atoms with van der Waals surface area (Å²) in [5, 5.41) is 8.67. The molecule has 0 aliphatic heterocycles. The third-order valence-corrected chi connectivity index (χ3v) is 3.08. The van der Waals surface area contributed by atoms with Crippen LogP contribution >= 0.6 is 0 Å². The molecule has 2 N–H and O–H groups in total. The Kier molecular flexibility index (Phi) is 8.67. The molecule has 0 aromatic carbocycles. The summed E-state index contributed by atoms with van der Waals surface area (Å²) in [6.07, 6.45) is 8.85. The molecule has 1 saturated carbocycles. The van der Waals surface area contributed by atoms with Crippen LogP contribution in [0.25, 0.3) is 0 Å². The predicted molar refractivity (Wildman–Crippen MR) is 60.7 cm³/mol. The minimum absolute atomic E-state index is 0.711. The number of nitriles is 1. The molecule has 1 atom stereocenters. The third kappa shape index (κ3) is 4.62. The Labute approximate surface area is 88.5 Å². The van der Waals surface area contributed by atoms with Crippen molar-refractivity contribution >= 4 is 0 Å².